The number of anilines is 2. The molecule has 3 heterocycles. The molecular formula is C22H18F4N4O3. The van der Waals surface area contributed by atoms with Gasteiger partial charge in [0.1, 0.15) is 23.2 Å². The maximum absolute atomic E-state index is 13.6. The lowest BCUT2D eigenvalue weighted by Crippen LogP contribution is -2.54. The van der Waals surface area contributed by atoms with Gasteiger partial charge in [-0.25, -0.2) is 9.37 Å². The number of benzene rings is 1. The molecule has 1 fully saturated rings. The molecule has 1 amide bonds. The number of methoxy groups -OCH3 is 1. The molecule has 1 aromatic carbocycles. The number of ether oxygens (including phenoxy) is 2. The van der Waals surface area contributed by atoms with Gasteiger partial charge >= 0.3 is 6.18 Å². The Labute approximate surface area is 186 Å². The Morgan fingerprint density at radius 2 is 1.85 bits per heavy atom. The van der Waals surface area contributed by atoms with Crippen LogP contribution in [0.4, 0.5) is 28.9 Å². The molecular weight excluding hydrogens is 444 g/mol. The number of halogens is 4. The quantitative estimate of drug-likeness (QED) is 0.555. The monoisotopic (exact) mass is 462 g/mol. The van der Waals surface area contributed by atoms with Crippen LogP contribution >= 0.6 is 0 Å². The van der Waals surface area contributed by atoms with Gasteiger partial charge in [0.15, 0.2) is 0 Å². The van der Waals surface area contributed by atoms with Crippen molar-refractivity contribution < 1.29 is 31.8 Å². The van der Waals surface area contributed by atoms with Crippen molar-refractivity contribution in [3.8, 4) is 11.6 Å². The lowest BCUT2D eigenvalue weighted by atomic mass is 10.1. The molecule has 172 valence electrons. The highest BCUT2D eigenvalue weighted by atomic mass is 19.4. The molecule has 2 aromatic heterocycles. The van der Waals surface area contributed by atoms with E-state index in [1.165, 1.54) is 25.7 Å². The summed E-state index contributed by atoms with van der Waals surface area (Å²) in [7, 11) is 1.39. The standard InChI is InChI=1S/C22H18F4N4O3/c1-32-21-19(20(31)29-15-2-5-27-6-3-15)18(4-7-28-21)30-11-17(12-30)33-16-9-13(22(24,25)26)8-14(23)10-16/h2-10,17H,11-12H2,1H3,(H,27,29,31). The summed E-state index contributed by atoms with van der Waals surface area (Å²) in [5.74, 6) is -1.59. The van der Waals surface area contributed by atoms with E-state index < -0.39 is 29.6 Å². The molecule has 0 spiro atoms. The van der Waals surface area contributed by atoms with E-state index in [4.69, 9.17) is 9.47 Å². The molecule has 1 aliphatic heterocycles. The van der Waals surface area contributed by atoms with Gasteiger partial charge in [0.25, 0.3) is 5.91 Å². The predicted molar refractivity (Wildman–Crippen MR) is 111 cm³/mol. The van der Waals surface area contributed by atoms with Gasteiger partial charge in [-0.15, -0.1) is 0 Å². The van der Waals surface area contributed by atoms with Crippen LogP contribution in [0.5, 0.6) is 11.6 Å². The van der Waals surface area contributed by atoms with Crippen molar-refractivity contribution in [1.82, 2.24) is 9.97 Å². The molecule has 0 saturated carbocycles. The van der Waals surface area contributed by atoms with Gasteiger partial charge in [0.2, 0.25) is 5.88 Å². The molecule has 1 saturated heterocycles. The zero-order valence-corrected chi connectivity index (χ0v) is 17.3. The zero-order chi connectivity index (χ0) is 23.6. The van der Waals surface area contributed by atoms with Gasteiger partial charge in [0.05, 0.1) is 31.5 Å². The number of nitrogens with one attached hydrogen (secondary N) is 1. The van der Waals surface area contributed by atoms with Gasteiger partial charge < -0.3 is 19.7 Å². The number of amides is 1. The number of hydrogen-bond acceptors (Lipinski definition) is 6. The summed E-state index contributed by atoms with van der Waals surface area (Å²) >= 11 is 0. The lowest BCUT2D eigenvalue weighted by molar-refractivity contribution is -0.137. The third-order valence-electron chi connectivity index (χ3n) is 4.94. The van der Waals surface area contributed by atoms with Crippen molar-refractivity contribution in [3.63, 3.8) is 0 Å². The van der Waals surface area contributed by atoms with Crippen LogP contribution in [0.15, 0.2) is 55.0 Å². The minimum atomic E-state index is -4.68. The first-order valence-electron chi connectivity index (χ1n) is 9.78. The van der Waals surface area contributed by atoms with E-state index in [0.717, 1.165) is 12.1 Å². The van der Waals surface area contributed by atoms with E-state index in [2.05, 4.69) is 15.3 Å². The second-order valence-electron chi connectivity index (χ2n) is 7.22. The first kappa shape index (κ1) is 22.3. The average molecular weight is 462 g/mol. The fraction of sp³-hybridized carbons (Fsp3) is 0.227. The molecule has 33 heavy (non-hydrogen) atoms. The lowest BCUT2D eigenvalue weighted by Gasteiger charge is -2.41. The number of rotatable bonds is 6. The average Bonchev–Trinajstić information content (AvgIpc) is 2.75. The summed E-state index contributed by atoms with van der Waals surface area (Å²) in [5, 5.41) is 2.75. The van der Waals surface area contributed by atoms with Gasteiger partial charge in [-0.2, -0.15) is 13.2 Å². The SMILES string of the molecule is COc1nccc(N2CC(Oc3cc(F)cc(C(F)(F)F)c3)C2)c1C(=O)Nc1ccncc1. The summed E-state index contributed by atoms with van der Waals surface area (Å²) in [4.78, 5) is 22.7. The second kappa shape index (κ2) is 8.93. The van der Waals surface area contributed by atoms with Crippen LogP contribution in [0.2, 0.25) is 0 Å². The highest BCUT2D eigenvalue weighted by Gasteiger charge is 2.35. The summed E-state index contributed by atoms with van der Waals surface area (Å²) in [6.07, 6.45) is -0.636. The molecule has 0 bridgehead atoms. The molecule has 11 heteroatoms. The topological polar surface area (TPSA) is 76.6 Å². The molecule has 0 radical (unpaired) electrons. The van der Waals surface area contributed by atoms with Crippen molar-refractivity contribution in [2.24, 2.45) is 0 Å². The van der Waals surface area contributed by atoms with Crippen LogP contribution in [-0.4, -0.2) is 42.2 Å². The molecule has 0 aliphatic carbocycles. The number of hydrogen-bond donors (Lipinski definition) is 1. The van der Waals surface area contributed by atoms with E-state index in [9.17, 15) is 22.4 Å². The fourth-order valence-electron chi connectivity index (χ4n) is 3.39. The van der Waals surface area contributed by atoms with Crippen LogP contribution < -0.4 is 19.7 Å². The molecule has 0 atom stereocenters. The van der Waals surface area contributed by atoms with Crippen molar-refractivity contribution >= 4 is 17.3 Å². The minimum absolute atomic E-state index is 0.114. The van der Waals surface area contributed by atoms with Crippen molar-refractivity contribution in [2.75, 3.05) is 30.4 Å². The number of carbonyl (C=O) groups is 1. The van der Waals surface area contributed by atoms with Crippen LogP contribution in [0.25, 0.3) is 0 Å². The van der Waals surface area contributed by atoms with E-state index in [1.54, 1.807) is 23.1 Å². The molecule has 4 rings (SSSR count). The molecule has 1 N–H and O–H groups in total. The largest absolute Gasteiger partial charge is 0.487 e. The van der Waals surface area contributed by atoms with E-state index in [-0.39, 0.29) is 30.3 Å². The first-order chi connectivity index (χ1) is 15.7. The zero-order valence-electron chi connectivity index (χ0n) is 17.3. The molecule has 3 aromatic rings. The minimum Gasteiger partial charge on any atom is -0.487 e. The highest BCUT2D eigenvalue weighted by Crippen LogP contribution is 2.35. The summed E-state index contributed by atoms with van der Waals surface area (Å²) in [6.45, 7) is 0.529. The molecule has 7 nitrogen and oxygen atoms in total. The number of alkyl halides is 3. The van der Waals surface area contributed by atoms with Crippen molar-refractivity contribution in [3.05, 3.63) is 71.9 Å². The van der Waals surface area contributed by atoms with Crippen LogP contribution in [0.3, 0.4) is 0 Å². The Morgan fingerprint density at radius 1 is 1.12 bits per heavy atom. The van der Waals surface area contributed by atoms with Crippen LogP contribution in [-0.2, 0) is 6.18 Å². The van der Waals surface area contributed by atoms with Gasteiger partial charge in [-0.1, -0.05) is 0 Å². The Morgan fingerprint density at radius 3 is 2.52 bits per heavy atom. The number of aromatic nitrogens is 2. The normalized spacial score (nSPS) is 13.9. The van der Waals surface area contributed by atoms with Gasteiger partial charge in [-0.05, 0) is 30.3 Å². The summed E-state index contributed by atoms with van der Waals surface area (Å²) in [6, 6.07) is 6.96. The number of pyridine rings is 2. The van der Waals surface area contributed by atoms with Crippen molar-refractivity contribution in [2.45, 2.75) is 12.3 Å². The molecule has 1 aliphatic rings. The Hall–Kier alpha value is -3.89. The number of carbonyl (C=O) groups excluding carboxylic acids is 1. The smallest absolute Gasteiger partial charge is 0.416 e. The predicted octanol–water partition coefficient (Wildman–Crippen LogP) is 4.16. The summed E-state index contributed by atoms with van der Waals surface area (Å²) < 4.78 is 63.2. The van der Waals surface area contributed by atoms with Crippen molar-refractivity contribution in [1.29, 1.82) is 0 Å². The van der Waals surface area contributed by atoms with Gasteiger partial charge in [-0.3, -0.25) is 9.78 Å². The van der Waals surface area contributed by atoms with E-state index >= 15 is 0 Å². The Bertz CT molecular complexity index is 1150. The second-order valence-corrected chi connectivity index (χ2v) is 7.22. The Balaban J connectivity index is 1.50. The maximum atomic E-state index is 13.6. The highest BCUT2D eigenvalue weighted by molar-refractivity contribution is 6.09. The summed E-state index contributed by atoms with van der Waals surface area (Å²) in [5.41, 5.74) is 0.120. The maximum Gasteiger partial charge on any atom is 0.416 e. The van der Waals surface area contributed by atoms with E-state index in [0.29, 0.717) is 17.4 Å². The first-order valence-corrected chi connectivity index (χ1v) is 9.78. The number of nitrogens with zero attached hydrogens (tertiary/aromatic N) is 3. The fourth-order valence-corrected chi connectivity index (χ4v) is 3.39. The van der Waals surface area contributed by atoms with E-state index in [1.807, 2.05) is 0 Å². The Kier molecular flexibility index (Phi) is 6.03. The molecule has 0 unspecified atom stereocenters. The van der Waals surface area contributed by atoms with Crippen LogP contribution in [0, 0.1) is 5.82 Å². The third-order valence-corrected chi connectivity index (χ3v) is 4.94. The van der Waals surface area contributed by atoms with Gasteiger partial charge in [0, 0.05) is 30.3 Å². The third kappa shape index (κ3) is 4.97. The van der Waals surface area contributed by atoms with Crippen LogP contribution in [0.1, 0.15) is 15.9 Å².